The van der Waals surface area contributed by atoms with Gasteiger partial charge < -0.3 is 0 Å². The number of rotatable bonds is 3. The Morgan fingerprint density at radius 1 is 0.818 bits per heavy atom. The third-order valence-corrected chi connectivity index (χ3v) is 6.77. The molecule has 0 atom stereocenters. The number of nitrogens with zero attached hydrogens (tertiary/aromatic N) is 1. The Kier molecular flexibility index (Phi) is 6.18. The van der Waals surface area contributed by atoms with E-state index in [0.29, 0.717) is 12.8 Å². The molecular weight excluding hydrogens is 440 g/mol. The highest BCUT2D eigenvalue weighted by Gasteiger charge is 2.60. The number of hydrogen-bond donors (Lipinski definition) is 0. The standard InChI is InChI=1S/C26H25F6N/c1-15-12-19(17-6-8-18(9-7-17)24(25(27,28)29)26(30,31)32)14-20(13-15)22-11-10-21-16(2)4-3-5-23(21)33-22/h3-5,10-14,17-18,24H,6-9H2,1-2H3. The van der Waals surface area contributed by atoms with Gasteiger partial charge in [0.25, 0.3) is 0 Å². The van der Waals surface area contributed by atoms with Crippen molar-refractivity contribution >= 4 is 10.9 Å². The van der Waals surface area contributed by atoms with Crippen LogP contribution in [0.2, 0.25) is 0 Å². The molecule has 7 heteroatoms. The number of aryl methyl sites for hydroxylation is 2. The fourth-order valence-corrected chi connectivity index (χ4v) is 5.17. The predicted molar refractivity (Wildman–Crippen MR) is 117 cm³/mol. The number of pyridine rings is 1. The number of halogens is 6. The summed E-state index contributed by atoms with van der Waals surface area (Å²) >= 11 is 0. The van der Waals surface area contributed by atoms with Crippen LogP contribution in [0.1, 0.15) is 48.3 Å². The molecular formula is C26H25F6N. The van der Waals surface area contributed by atoms with Gasteiger partial charge in [0.05, 0.1) is 11.2 Å². The highest BCUT2D eigenvalue weighted by molar-refractivity contribution is 5.84. The Hall–Kier alpha value is -2.57. The first-order chi connectivity index (χ1) is 15.4. The van der Waals surface area contributed by atoms with Crippen LogP contribution in [0.15, 0.2) is 48.5 Å². The molecule has 0 aliphatic heterocycles. The number of aromatic nitrogens is 1. The van der Waals surface area contributed by atoms with Crippen LogP contribution in [0.4, 0.5) is 26.3 Å². The van der Waals surface area contributed by atoms with E-state index in [2.05, 4.69) is 0 Å². The Bertz CT molecular complexity index is 1130. The minimum atomic E-state index is -5.27. The molecule has 0 unspecified atom stereocenters. The molecule has 0 N–H and O–H groups in total. The SMILES string of the molecule is Cc1cc(-c2ccc3c(C)cccc3n2)cc(C2CCC(C(C(F)(F)F)C(F)(F)F)CC2)c1. The van der Waals surface area contributed by atoms with Crippen molar-refractivity contribution in [2.75, 3.05) is 0 Å². The second-order valence-corrected chi connectivity index (χ2v) is 9.14. The molecule has 33 heavy (non-hydrogen) atoms. The molecule has 1 aromatic heterocycles. The first-order valence-electron chi connectivity index (χ1n) is 11.1. The molecule has 176 valence electrons. The third-order valence-electron chi connectivity index (χ3n) is 6.77. The van der Waals surface area contributed by atoms with E-state index < -0.39 is 24.2 Å². The van der Waals surface area contributed by atoms with E-state index in [-0.39, 0.29) is 18.8 Å². The van der Waals surface area contributed by atoms with Gasteiger partial charge in [0.15, 0.2) is 5.92 Å². The highest BCUT2D eigenvalue weighted by atomic mass is 19.4. The van der Waals surface area contributed by atoms with E-state index in [4.69, 9.17) is 4.98 Å². The smallest absolute Gasteiger partial charge is 0.248 e. The summed E-state index contributed by atoms with van der Waals surface area (Å²) in [4.78, 5) is 4.77. The van der Waals surface area contributed by atoms with Crippen LogP contribution in [0.3, 0.4) is 0 Å². The summed E-state index contributed by atoms with van der Waals surface area (Å²) in [6.07, 6.45) is -10.1. The summed E-state index contributed by atoms with van der Waals surface area (Å²) in [6.45, 7) is 3.96. The van der Waals surface area contributed by atoms with Gasteiger partial charge in [0.2, 0.25) is 0 Å². The molecule has 0 radical (unpaired) electrons. The highest BCUT2D eigenvalue weighted by Crippen LogP contribution is 2.50. The molecule has 0 amide bonds. The van der Waals surface area contributed by atoms with Gasteiger partial charge in [-0.3, -0.25) is 0 Å². The average Bonchev–Trinajstić information content (AvgIpc) is 2.72. The zero-order chi connectivity index (χ0) is 24.0. The quantitative estimate of drug-likeness (QED) is 0.353. The van der Waals surface area contributed by atoms with Crippen molar-refractivity contribution in [2.45, 2.75) is 57.8 Å². The summed E-state index contributed by atoms with van der Waals surface area (Å²) in [5.41, 5.74) is 5.63. The Morgan fingerprint density at radius 3 is 2.12 bits per heavy atom. The second-order valence-electron chi connectivity index (χ2n) is 9.14. The summed E-state index contributed by atoms with van der Waals surface area (Å²) in [6, 6.07) is 15.8. The number of benzene rings is 2. The molecule has 4 rings (SSSR count). The lowest BCUT2D eigenvalue weighted by Crippen LogP contribution is -2.43. The number of hydrogen-bond acceptors (Lipinski definition) is 1. The Morgan fingerprint density at radius 2 is 1.48 bits per heavy atom. The summed E-state index contributed by atoms with van der Waals surface area (Å²) in [5, 5.41) is 1.07. The maximum Gasteiger partial charge on any atom is 0.400 e. The van der Waals surface area contributed by atoms with Crippen LogP contribution < -0.4 is 0 Å². The molecule has 1 aliphatic carbocycles. The summed E-state index contributed by atoms with van der Waals surface area (Å²) in [7, 11) is 0. The van der Waals surface area contributed by atoms with Crippen LogP contribution in [-0.4, -0.2) is 17.3 Å². The van der Waals surface area contributed by atoms with Crippen LogP contribution in [0.25, 0.3) is 22.2 Å². The maximum atomic E-state index is 13.1. The van der Waals surface area contributed by atoms with Crippen LogP contribution in [0, 0.1) is 25.7 Å². The van der Waals surface area contributed by atoms with E-state index in [9.17, 15) is 26.3 Å². The maximum absolute atomic E-state index is 13.1. The minimum Gasteiger partial charge on any atom is -0.248 e. The molecule has 3 aromatic rings. The van der Waals surface area contributed by atoms with Gasteiger partial charge in [-0.25, -0.2) is 4.98 Å². The molecule has 2 aromatic carbocycles. The van der Waals surface area contributed by atoms with Crippen molar-refractivity contribution < 1.29 is 26.3 Å². The minimum absolute atomic E-state index is 0.0651. The van der Waals surface area contributed by atoms with Crippen molar-refractivity contribution in [3.8, 4) is 11.3 Å². The molecule has 1 fully saturated rings. The predicted octanol–water partition coefficient (Wildman–Crippen LogP) is 8.53. The first kappa shape index (κ1) is 23.6. The zero-order valence-corrected chi connectivity index (χ0v) is 18.4. The largest absolute Gasteiger partial charge is 0.400 e. The zero-order valence-electron chi connectivity index (χ0n) is 18.4. The van der Waals surface area contributed by atoms with Gasteiger partial charge in [0, 0.05) is 10.9 Å². The first-order valence-corrected chi connectivity index (χ1v) is 11.1. The van der Waals surface area contributed by atoms with Gasteiger partial charge >= 0.3 is 12.4 Å². The van der Waals surface area contributed by atoms with Gasteiger partial charge in [-0.05, 0) is 86.8 Å². The lowest BCUT2D eigenvalue weighted by atomic mass is 9.73. The van der Waals surface area contributed by atoms with E-state index in [1.165, 1.54) is 0 Å². The fraction of sp³-hybridized carbons (Fsp3) is 0.423. The fourth-order valence-electron chi connectivity index (χ4n) is 5.17. The summed E-state index contributed by atoms with van der Waals surface area (Å²) in [5.74, 6) is -4.73. The Balaban J connectivity index is 1.57. The van der Waals surface area contributed by atoms with E-state index in [1.54, 1.807) is 0 Å². The molecule has 0 saturated heterocycles. The third kappa shape index (κ3) is 5.02. The molecule has 0 spiro atoms. The molecule has 1 nitrogen and oxygen atoms in total. The normalized spacial score (nSPS) is 19.9. The van der Waals surface area contributed by atoms with Crippen molar-refractivity contribution in [3.63, 3.8) is 0 Å². The van der Waals surface area contributed by atoms with Gasteiger partial charge in [-0.15, -0.1) is 0 Å². The van der Waals surface area contributed by atoms with Crippen LogP contribution >= 0.6 is 0 Å². The number of fused-ring (bicyclic) bond motifs is 1. The molecule has 1 aliphatic rings. The summed E-state index contributed by atoms with van der Waals surface area (Å²) < 4.78 is 78.7. The van der Waals surface area contributed by atoms with Crippen LogP contribution in [0.5, 0.6) is 0 Å². The second kappa shape index (κ2) is 8.65. The topological polar surface area (TPSA) is 12.9 Å². The van der Waals surface area contributed by atoms with Crippen molar-refractivity contribution in [1.29, 1.82) is 0 Å². The molecule has 1 heterocycles. The van der Waals surface area contributed by atoms with Gasteiger partial charge in [-0.1, -0.05) is 29.8 Å². The Labute approximate surface area is 188 Å². The van der Waals surface area contributed by atoms with Crippen molar-refractivity contribution in [3.05, 3.63) is 65.2 Å². The molecule has 0 bridgehead atoms. The van der Waals surface area contributed by atoms with Crippen molar-refractivity contribution in [1.82, 2.24) is 4.98 Å². The monoisotopic (exact) mass is 465 g/mol. The number of alkyl halides is 6. The average molecular weight is 465 g/mol. The van der Waals surface area contributed by atoms with Gasteiger partial charge in [0.1, 0.15) is 0 Å². The molecule has 1 saturated carbocycles. The van der Waals surface area contributed by atoms with Crippen LogP contribution in [-0.2, 0) is 0 Å². The van der Waals surface area contributed by atoms with Gasteiger partial charge in [-0.2, -0.15) is 26.3 Å². The van der Waals surface area contributed by atoms with E-state index in [1.807, 2.05) is 62.4 Å². The van der Waals surface area contributed by atoms with E-state index >= 15 is 0 Å². The lowest BCUT2D eigenvalue weighted by molar-refractivity contribution is -0.301. The van der Waals surface area contributed by atoms with E-state index in [0.717, 1.165) is 38.9 Å². The van der Waals surface area contributed by atoms with Crippen molar-refractivity contribution in [2.24, 2.45) is 11.8 Å². The lowest BCUT2D eigenvalue weighted by Gasteiger charge is -2.36.